The molecule has 9 heteroatoms. The van der Waals surface area contributed by atoms with Crippen LogP contribution in [-0.2, 0) is 0 Å². The Morgan fingerprint density at radius 2 is 1.35 bits per heavy atom. The predicted octanol–water partition coefficient (Wildman–Crippen LogP) is 0.670. The van der Waals surface area contributed by atoms with E-state index < -0.39 is 0 Å². The van der Waals surface area contributed by atoms with Crippen LogP contribution < -0.4 is 10.6 Å². The molecule has 0 spiro atoms. The number of hydrogen-bond acceptors (Lipinski definition) is 5. The Morgan fingerprint density at radius 3 is 1.65 bits per heavy atom. The van der Waals surface area contributed by atoms with Gasteiger partial charge in [-0.2, -0.15) is 0 Å². The van der Waals surface area contributed by atoms with Gasteiger partial charge < -0.3 is 20.4 Å². The Labute approximate surface area is 125 Å². The minimum Gasteiger partial charge on any atom is -0.360 e. The standard InChI is InChI=1S/C8H10N4S5/c13-5-9-1-3-11(5)7(15)17-8(16)12-4-2-10-6(12)14/h1-4H2,(H,9,13)(H,10,14). The van der Waals surface area contributed by atoms with E-state index in [1.807, 2.05) is 9.80 Å². The van der Waals surface area contributed by atoms with Gasteiger partial charge in [0.2, 0.25) is 0 Å². The lowest BCUT2D eigenvalue weighted by atomic mass is 10.7. The Kier molecular flexibility index (Phi) is 4.47. The average Bonchev–Trinajstić information content (AvgIpc) is 2.86. The molecule has 2 aliphatic rings. The van der Waals surface area contributed by atoms with Gasteiger partial charge in [-0.15, -0.1) is 0 Å². The van der Waals surface area contributed by atoms with Crippen molar-refractivity contribution >= 4 is 79.5 Å². The first-order valence-electron chi connectivity index (χ1n) is 4.96. The third-order valence-electron chi connectivity index (χ3n) is 2.33. The zero-order chi connectivity index (χ0) is 12.4. The Bertz CT molecular complexity index is 359. The van der Waals surface area contributed by atoms with Gasteiger partial charge in [-0.3, -0.25) is 0 Å². The monoisotopic (exact) mass is 322 g/mol. The number of rotatable bonds is 0. The second-order valence-electron chi connectivity index (χ2n) is 3.40. The zero-order valence-corrected chi connectivity index (χ0v) is 12.8. The summed E-state index contributed by atoms with van der Waals surface area (Å²) in [6, 6.07) is 0. The highest BCUT2D eigenvalue weighted by Crippen LogP contribution is 2.18. The molecule has 0 radical (unpaired) electrons. The fraction of sp³-hybridized carbons (Fsp3) is 0.500. The summed E-state index contributed by atoms with van der Waals surface area (Å²) in [5, 5.41) is 7.47. The quantitative estimate of drug-likeness (QED) is 0.625. The Hall–Kier alpha value is -0.0900. The lowest BCUT2D eigenvalue weighted by molar-refractivity contribution is 0.701. The molecule has 2 aliphatic heterocycles. The Balaban J connectivity index is 1.92. The van der Waals surface area contributed by atoms with Crippen molar-refractivity contribution in [1.82, 2.24) is 20.4 Å². The molecule has 0 aromatic rings. The average molecular weight is 323 g/mol. The highest BCUT2D eigenvalue weighted by atomic mass is 32.2. The van der Waals surface area contributed by atoms with Crippen LogP contribution in [0, 0.1) is 0 Å². The van der Waals surface area contributed by atoms with Gasteiger partial charge in [0.15, 0.2) is 10.2 Å². The highest BCUT2D eigenvalue weighted by molar-refractivity contribution is 8.38. The van der Waals surface area contributed by atoms with E-state index in [-0.39, 0.29) is 0 Å². The van der Waals surface area contributed by atoms with Crippen LogP contribution in [0.3, 0.4) is 0 Å². The molecule has 0 bridgehead atoms. The van der Waals surface area contributed by atoms with Crippen molar-refractivity contribution in [3.05, 3.63) is 0 Å². The van der Waals surface area contributed by atoms with Crippen LogP contribution in [0.25, 0.3) is 0 Å². The summed E-state index contributed by atoms with van der Waals surface area (Å²) >= 11 is 22.3. The number of nitrogens with one attached hydrogen (secondary N) is 2. The van der Waals surface area contributed by atoms with Crippen LogP contribution >= 0.6 is 60.6 Å². The summed E-state index contributed by atoms with van der Waals surface area (Å²) in [4.78, 5) is 3.77. The van der Waals surface area contributed by atoms with Gasteiger partial charge in [0.05, 0.1) is 0 Å². The Morgan fingerprint density at radius 1 is 0.941 bits per heavy atom. The van der Waals surface area contributed by atoms with Crippen LogP contribution in [-0.4, -0.2) is 54.8 Å². The SMILES string of the molecule is S=C1NCCN1C(=S)SC(=S)N1CCNC1=S. The van der Waals surface area contributed by atoms with Crippen molar-refractivity contribution < 1.29 is 0 Å². The van der Waals surface area contributed by atoms with E-state index in [2.05, 4.69) is 10.6 Å². The third kappa shape index (κ3) is 3.02. The molecule has 0 aromatic heterocycles. The van der Waals surface area contributed by atoms with Gasteiger partial charge in [0, 0.05) is 26.2 Å². The van der Waals surface area contributed by atoms with E-state index in [9.17, 15) is 0 Å². The lowest BCUT2D eigenvalue weighted by Gasteiger charge is -2.21. The molecular formula is C8H10N4S5. The molecule has 2 saturated heterocycles. The molecule has 2 fully saturated rings. The van der Waals surface area contributed by atoms with E-state index in [0.29, 0.717) is 18.9 Å². The molecule has 4 nitrogen and oxygen atoms in total. The molecule has 0 amide bonds. The third-order valence-corrected chi connectivity index (χ3v) is 4.79. The first-order chi connectivity index (χ1) is 8.09. The van der Waals surface area contributed by atoms with Crippen LogP contribution in [0.2, 0.25) is 0 Å². The summed E-state index contributed by atoms with van der Waals surface area (Å²) in [6.07, 6.45) is 0. The number of thioether (sulfide) groups is 1. The number of thiocarbonyl (C=S) groups is 4. The van der Waals surface area contributed by atoms with Gasteiger partial charge in [-0.1, -0.05) is 24.4 Å². The lowest BCUT2D eigenvalue weighted by Crippen LogP contribution is -2.35. The molecule has 0 atom stereocenters. The van der Waals surface area contributed by atoms with Crippen LogP contribution in [0.15, 0.2) is 0 Å². The molecule has 0 aliphatic carbocycles. The summed E-state index contributed by atoms with van der Waals surface area (Å²) < 4.78 is 1.36. The molecule has 92 valence electrons. The number of nitrogens with zero attached hydrogens (tertiary/aromatic N) is 2. The fourth-order valence-corrected chi connectivity index (χ4v) is 4.01. The van der Waals surface area contributed by atoms with Crippen molar-refractivity contribution in [2.45, 2.75) is 0 Å². The van der Waals surface area contributed by atoms with Crippen molar-refractivity contribution in [2.24, 2.45) is 0 Å². The zero-order valence-electron chi connectivity index (χ0n) is 8.76. The van der Waals surface area contributed by atoms with E-state index >= 15 is 0 Å². The summed E-state index contributed by atoms with van der Waals surface area (Å²) in [5.41, 5.74) is 0. The maximum Gasteiger partial charge on any atom is 0.174 e. The van der Waals surface area contributed by atoms with Crippen LogP contribution in [0.4, 0.5) is 0 Å². The van der Waals surface area contributed by atoms with Gasteiger partial charge in [0.25, 0.3) is 0 Å². The highest BCUT2D eigenvalue weighted by Gasteiger charge is 2.25. The molecule has 2 N–H and O–H groups in total. The molecule has 17 heavy (non-hydrogen) atoms. The second-order valence-corrected chi connectivity index (χ2v) is 6.44. The smallest absolute Gasteiger partial charge is 0.174 e. The largest absolute Gasteiger partial charge is 0.360 e. The minimum absolute atomic E-state index is 0.674. The molecule has 0 saturated carbocycles. The maximum atomic E-state index is 5.32. The van der Waals surface area contributed by atoms with Crippen LogP contribution in [0.5, 0.6) is 0 Å². The number of hydrogen-bond donors (Lipinski definition) is 2. The van der Waals surface area contributed by atoms with Crippen LogP contribution in [0.1, 0.15) is 0 Å². The van der Waals surface area contributed by atoms with Crippen molar-refractivity contribution in [1.29, 1.82) is 0 Å². The van der Waals surface area contributed by atoms with Crippen molar-refractivity contribution in [3.8, 4) is 0 Å². The normalized spacial score (nSPS) is 19.3. The first-order valence-corrected chi connectivity index (χ1v) is 7.41. The molecule has 2 rings (SSSR count). The fourth-order valence-electron chi connectivity index (χ4n) is 1.48. The first kappa shape index (κ1) is 13.3. The second kappa shape index (κ2) is 5.70. The maximum absolute atomic E-state index is 5.32. The van der Waals surface area contributed by atoms with E-state index in [1.165, 1.54) is 11.8 Å². The summed E-state index contributed by atoms with van der Waals surface area (Å²) in [5.74, 6) is 0. The predicted molar refractivity (Wildman–Crippen MR) is 87.4 cm³/mol. The topological polar surface area (TPSA) is 30.5 Å². The van der Waals surface area contributed by atoms with E-state index in [4.69, 9.17) is 48.9 Å². The summed E-state index contributed by atoms with van der Waals surface area (Å²) in [7, 11) is 0. The minimum atomic E-state index is 0.674. The van der Waals surface area contributed by atoms with Gasteiger partial charge in [-0.05, 0) is 36.2 Å². The van der Waals surface area contributed by atoms with E-state index in [0.717, 1.165) is 26.2 Å². The molecule has 0 aromatic carbocycles. The van der Waals surface area contributed by atoms with Gasteiger partial charge in [0.1, 0.15) is 8.64 Å². The summed E-state index contributed by atoms with van der Waals surface area (Å²) in [6.45, 7) is 3.26. The molecule has 2 heterocycles. The van der Waals surface area contributed by atoms with Gasteiger partial charge >= 0.3 is 0 Å². The molecular weight excluding hydrogens is 312 g/mol. The molecule has 0 unspecified atom stereocenters. The van der Waals surface area contributed by atoms with Gasteiger partial charge in [-0.25, -0.2) is 0 Å². The van der Waals surface area contributed by atoms with Crippen molar-refractivity contribution in [2.75, 3.05) is 26.2 Å². The van der Waals surface area contributed by atoms with Crippen molar-refractivity contribution in [3.63, 3.8) is 0 Å². The van der Waals surface area contributed by atoms with E-state index in [1.54, 1.807) is 0 Å².